The van der Waals surface area contributed by atoms with Crippen LogP contribution in [0.3, 0.4) is 0 Å². The van der Waals surface area contributed by atoms with E-state index in [9.17, 15) is 4.79 Å². The van der Waals surface area contributed by atoms with Crippen molar-refractivity contribution in [2.24, 2.45) is 5.92 Å². The normalized spacial score (nSPS) is 10.7. The number of carbonyl (C=O) groups excluding carboxylic acids is 1. The minimum atomic E-state index is -0.270. The first kappa shape index (κ1) is 15.6. The molecule has 2 aromatic carbocycles. The van der Waals surface area contributed by atoms with Crippen molar-refractivity contribution < 1.29 is 9.53 Å². The molecule has 0 aliphatic carbocycles. The number of anilines is 1. The summed E-state index contributed by atoms with van der Waals surface area (Å²) < 4.78 is 5.69. The lowest BCUT2D eigenvalue weighted by atomic mass is 10.2. The summed E-state index contributed by atoms with van der Waals surface area (Å²) in [6, 6.07) is 16.5. The average Bonchev–Trinajstić information content (AvgIpc) is 2.50. The van der Waals surface area contributed by atoms with Crippen LogP contribution < -0.4 is 15.4 Å². The second-order valence-corrected chi connectivity index (χ2v) is 5.14. The van der Waals surface area contributed by atoms with Gasteiger partial charge in [0.25, 0.3) is 0 Å². The third kappa shape index (κ3) is 5.32. The molecule has 2 rings (SSSR count). The molecule has 0 fully saturated rings. The highest BCUT2D eigenvalue weighted by Crippen LogP contribution is 2.22. The molecular weight excluding hydrogens is 276 g/mol. The summed E-state index contributed by atoms with van der Waals surface area (Å²) in [6.45, 7) is 4.09. The van der Waals surface area contributed by atoms with Gasteiger partial charge in [-0.2, -0.15) is 0 Å². The van der Waals surface area contributed by atoms with Gasteiger partial charge in [-0.1, -0.05) is 38.1 Å². The van der Waals surface area contributed by atoms with Crippen molar-refractivity contribution in [2.75, 3.05) is 5.32 Å². The van der Waals surface area contributed by atoms with Gasteiger partial charge in [0.2, 0.25) is 0 Å². The van der Waals surface area contributed by atoms with Gasteiger partial charge in [-0.25, -0.2) is 4.79 Å². The number of allylic oxidation sites excluding steroid dienone is 1. The molecule has 22 heavy (non-hydrogen) atoms. The molecule has 2 N–H and O–H groups in total. The molecule has 0 saturated heterocycles. The van der Waals surface area contributed by atoms with Gasteiger partial charge in [0.05, 0.1) is 0 Å². The zero-order chi connectivity index (χ0) is 15.8. The largest absolute Gasteiger partial charge is 0.457 e. The van der Waals surface area contributed by atoms with Crippen LogP contribution in [0.4, 0.5) is 10.5 Å². The van der Waals surface area contributed by atoms with Gasteiger partial charge in [-0.05, 0) is 42.3 Å². The predicted molar refractivity (Wildman–Crippen MR) is 89.1 cm³/mol. The molecular formula is C18H20N2O2. The minimum Gasteiger partial charge on any atom is -0.457 e. The zero-order valence-electron chi connectivity index (χ0n) is 12.7. The lowest BCUT2D eigenvalue weighted by Gasteiger charge is -2.08. The molecule has 0 aromatic heterocycles. The van der Waals surface area contributed by atoms with Gasteiger partial charge >= 0.3 is 6.03 Å². The van der Waals surface area contributed by atoms with Crippen molar-refractivity contribution >= 4 is 11.7 Å². The number of nitrogens with one attached hydrogen (secondary N) is 2. The summed E-state index contributed by atoms with van der Waals surface area (Å²) >= 11 is 0. The van der Waals surface area contributed by atoms with Crippen LogP contribution in [0.5, 0.6) is 11.5 Å². The Morgan fingerprint density at radius 2 is 1.64 bits per heavy atom. The number of ether oxygens (including phenoxy) is 1. The van der Waals surface area contributed by atoms with Gasteiger partial charge in [0, 0.05) is 11.9 Å². The molecule has 0 heterocycles. The van der Waals surface area contributed by atoms with E-state index in [1.807, 2.05) is 62.4 Å². The molecule has 0 saturated carbocycles. The van der Waals surface area contributed by atoms with Gasteiger partial charge in [0.15, 0.2) is 0 Å². The van der Waals surface area contributed by atoms with E-state index in [4.69, 9.17) is 4.74 Å². The zero-order valence-corrected chi connectivity index (χ0v) is 12.7. The summed E-state index contributed by atoms with van der Waals surface area (Å²) in [5.41, 5.74) is 0.704. The third-order valence-electron chi connectivity index (χ3n) is 2.79. The maximum atomic E-state index is 11.7. The van der Waals surface area contributed by atoms with E-state index in [0.717, 1.165) is 11.5 Å². The van der Waals surface area contributed by atoms with E-state index >= 15 is 0 Å². The van der Waals surface area contributed by atoms with E-state index in [2.05, 4.69) is 10.6 Å². The Hall–Kier alpha value is -2.75. The van der Waals surface area contributed by atoms with E-state index < -0.39 is 0 Å². The first-order valence-corrected chi connectivity index (χ1v) is 7.20. The summed E-state index contributed by atoms with van der Waals surface area (Å²) in [5, 5.41) is 5.40. The highest BCUT2D eigenvalue weighted by atomic mass is 16.5. The molecule has 0 radical (unpaired) electrons. The van der Waals surface area contributed by atoms with Crippen molar-refractivity contribution in [2.45, 2.75) is 13.8 Å². The molecule has 4 heteroatoms. The molecule has 0 aliphatic rings. The Kier molecular flexibility index (Phi) is 5.60. The maximum absolute atomic E-state index is 11.7. The summed E-state index contributed by atoms with van der Waals surface area (Å²) in [5.74, 6) is 1.89. The van der Waals surface area contributed by atoms with Crippen LogP contribution >= 0.6 is 0 Å². The molecule has 4 nitrogen and oxygen atoms in total. The number of hydrogen-bond donors (Lipinski definition) is 2. The third-order valence-corrected chi connectivity index (χ3v) is 2.79. The van der Waals surface area contributed by atoms with E-state index in [1.165, 1.54) is 0 Å². The van der Waals surface area contributed by atoms with Crippen LogP contribution in [-0.2, 0) is 0 Å². The van der Waals surface area contributed by atoms with Crippen LogP contribution in [0.1, 0.15) is 13.8 Å². The fraction of sp³-hybridized carbons (Fsp3) is 0.167. The van der Waals surface area contributed by atoms with Crippen LogP contribution in [0, 0.1) is 5.92 Å². The molecule has 0 aliphatic heterocycles. The van der Waals surface area contributed by atoms with E-state index in [0.29, 0.717) is 11.6 Å². The van der Waals surface area contributed by atoms with Gasteiger partial charge in [0.1, 0.15) is 11.5 Å². The van der Waals surface area contributed by atoms with Crippen LogP contribution in [0.25, 0.3) is 0 Å². The van der Waals surface area contributed by atoms with Crippen molar-refractivity contribution in [3.63, 3.8) is 0 Å². The Bertz CT molecular complexity index is 619. The lowest BCUT2D eigenvalue weighted by Crippen LogP contribution is -2.23. The average molecular weight is 296 g/mol. The van der Waals surface area contributed by atoms with Crippen molar-refractivity contribution in [3.8, 4) is 11.5 Å². The molecule has 2 aromatic rings. The Morgan fingerprint density at radius 1 is 1.00 bits per heavy atom. The lowest BCUT2D eigenvalue weighted by molar-refractivity contribution is 0.255. The Morgan fingerprint density at radius 3 is 2.27 bits per heavy atom. The SMILES string of the molecule is CC(C)/C=C/NC(=O)Nc1ccc(Oc2ccccc2)cc1. The number of amides is 2. The molecule has 0 atom stereocenters. The second kappa shape index (κ2) is 7.88. The summed E-state index contributed by atoms with van der Waals surface area (Å²) in [6.07, 6.45) is 3.56. The maximum Gasteiger partial charge on any atom is 0.323 e. The quantitative estimate of drug-likeness (QED) is 0.835. The minimum absolute atomic E-state index is 0.270. The first-order valence-electron chi connectivity index (χ1n) is 7.20. The number of para-hydroxylation sites is 1. The second-order valence-electron chi connectivity index (χ2n) is 5.14. The highest BCUT2D eigenvalue weighted by molar-refractivity contribution is 5.89. The van der Waals surface area contributed by atoms with Gasteiger partial charge in [-0.3, -0.25) is 0 Å². The van der Waals surface area contributed by atoms with Crippen molar-refractivity contribution in [1.29, 1.82) is 0 Å². The van der Waals surface area contributed by atoms with E-state index in [-0.39, 0.29) is 6.03 Å². The molecule has 114 valence electrons. The molecule has 0 bridgehead atoms. The Labute approximate surface area is 130 Å². The molecule has 0 spiro atoms. The fourth-order valence-corrected chi connectivity index (χ4v) is 1.71. The number of hydrogen-bond acceptors (Lipinski definition) is 2. The highest BCUT2D eigenvalue weighted by Gasteiger charge is 2.01. The molecule has 2 amide bonds. The predicted octanol–water partition coefficient (Wildman–Crippen LogP) is 4.77. The van der Waals surface area contributed by atoms with Crippen molar-refractivity contribution in [1.82, 2.24) is 5.32 Å². The standard InChI is InChI=1S/C18H20N2O2/c1-14(2)12-13-19-18(21)20-15-8-10-17(11-9-15)22-16-6-4-3-5-7-16/h3-14H,1-2H3,(H2,19,20,21)/b13-12+. The molecule has 0 unspecified atom stereocenters. The smallest absolute Gasteiger partial charge is 0.323 e. The van der Waals surface area contributed by atoms with Gasteiger partial charge in [-0.15, -0.1) is 0 Å². The van der Waals surface area contributed by atoms with Crippen LogP contribution in [0.2, 0.25) is 0 Å². The van der Waals surface area contributed by atoms with Crippen LogP contribution in [-0.4, -0.2) is 6.03 Å². The Balaban J connectivity index is 1.88. The summed E-state index contributed by atoms with van der Waals surface area (Å²) in [4.78, 5) is 11.7. The monoisotopic (exact) mass is 296 g/mol. The number of rotatable bonds is 5. The van der Waals surface area contributed by atoms with E-state index in [1.54, 1.807) is 18.3 Å². The number of carbonyl (C=O) groups is 1. The fourth-order valence-electron chi connectivity index (χ4n) is 1.71. The van der Waals surface area contributed by atoms with Gasteiger partial charge < -0.3 is 15.4 Å². The van der Waals surface area contributed by atoms with Crippen molar-refractivity contribution in [3.05, 3.63) is 66.9 Å². The topological polar surface area (TPSA) is 50.4 Å². The summed E-state index contributed by atoms with van der Waals surface area (Å²) in [7, 11) is 0. The number of benzene rings is 2. The first-order chi connectivity index (χ1) is 10.6. The number of urea groups is 1. The van der Waals surface area contributed by atoms with Crippen LogP contribution in [0.15, 0.2) is 66.9 Å².